The van der Waals surface area contributed by atoms with Gasteiger partial charge in [-0.05, 0) is 53.2 Å². The van der Waals surface area contributed by atoms with Gasteiger partial charge in [0.2, 0.25) is 11.7 Å². The summed E-state index contributed by atoms with van der Waals surface area (Å²) >= 11 is 4.03. The Morgan fingerprint density at radius 3 is 2.74 bits per heavy atom. The molecule has 4 aromatic rings. The maximum Gasteiger partial charge on any atom is 0.373 e. The first-order valence-corrected chi connectivity index (χ1v) is 12.7. The number of nitrogens with one attached hydrogen (secondary N) is 3. The molecule has 1 fully saturated rings. The lowest BCUT2D eigenvalue weighted by atomic mass is 9.98. The molecule has 35 heavy (non-hydrogen) atoms. The molecular formula is C20H19N9O3S3. The van der Waals surface area contributed by atoms with Gasteiger partial charge in [-0.15, -0.1) is 10.2 Å². The van der Waals surface area contributed by atoms with Gasteiger partial charge >= 0.3 is 6.15 Å². The van der Waals surface area contributed by atoms with Crippen LogP contribution in [-0.4, -0.2) is 50.3 Å². The lowest BCUT2D eigenvalue weighted by Gasteiger charge is -2.16. The van der Waals surface area contributed by atoms with E-state index in [0.29, 0.717) is 23.9 Å². The van der Waals surface area contributed by atoms with Crippen molar-refractivity contribution in [1.29, 1.82) is 0 Å². The molecule has 1 aliphatic rings. The number of nitrogen functional groups attached to an aromatic ring is 1. The number of benzene rings is 2. The molecule has 0 bridgehead atoms. The van der Waals surface area contributed by atoms with E-state index in [-0.39, 0.29) is 18.1 Å². The highest BCUT2D eigenvalue weighted by Gasteiger charge is 2.23. The Morgan fingerprint density at radius 1 is 1.23 bits per heavy atom. The zero-order valence-corrected chi connectivity index (χ0v) is 20.4. The van der Waals surface area contributed by atoms with Gasteiger partial charge in [0.05, 0.1) is 10.2 Å². The molecule has 1 atom stereocenters. The van der Waals surface area contributed by atoms with Gasteiger partial charge in [0.1, 0.15) is 0 Å². The SMILES string of the molecule is NSc1c(SNCC2CCC(=O)N2)ccc(-c2cccc3sc(N)nc23)c1-c1nn[nH]n1.O=C=O. The number of fused-ring (bicyclic) bond motifs is 1. The molecule has 3 heterocycles. The number of tetrazole rings is 1. The van der Waals surface area contributed by atoms with Crippen LogP contribution in [0.2, 0.25) is 0 Å². The third kappa shape index (κ3) is 5.51. The summed E-state index contributed by atoms with van der Waals surface area (Å²) in [6.07, 6.45) is 1.66. The second kappa shape index (κ2) is 11.4. The number of hydrogen-bond donors (Lipinski definition) is 5. The number of carbonyl (C=O) groups is 1. The van der Waals surface area contributed by atoms with Gasteiger partial charge in [-0.3, -0.25) is 14.7 Å². The van der Waals surface area contributed by atoms with Gasteiger partial charge in [0, 0.05) is 39.9 Å². The number of nitrogens with zero attached hydrogens (tertiary/aromatic N) is 4. The molecule has 2 aromatic heterocycles. The molecule has 2 aromatic carbocycles. The van der Waals surface area contributed by atoms with Crippen LogP contribution in [0.1, 0.15) is 12.8 Å². The second-order valence-electron chi connectivity index (χ2n) is 7.21. The fourth-order valence-electron chi connectivity index (χ4n) is 3.71. The molecule has 1 aliphatic heterocycles. The van der Waals surface area contributed by atoms with Crippen LogP contribution in [0.3, 0.4) is 0 Å². The topological polar surface area (TPSA) is 195 Å². The summed E-state index contributed by atoms with van der Waals surface area (Å²) in [5, 5.41) is 24.3. The van der Waals surface area contributed by atoms with Crippen LogP contribution in [0, 0.1) is 0 Å². The summed E-state index contributed by atoms with van der Waals surface area (Å²) < 4.78 is 4.34. The monoisotopic (exact) mass is 529 g/mol. The van der Waals surface area contributed by atoms with E-state index < -0.39 is 0 Å². The molecule has 0 spiro atoms. The van der Waals surface area contributed by atoms with E-state index >= 15 is 0 Å². The second-order valence-corrected chi connectivity index (χ2v) is 9.85. The number of hydrogen-bond acceptors (Lipinski definition) is 13. The maximum atomic E-state index is 11.4. The van der Waals surface area contributed by atoms with Gasteiger partial charge in [0.15, 0.2) is 5.13 Å². The smallest absolute Gasteiger partial charge is 0.373 e. The van der Waals surface area contributed by atoms with Crippen LogP contribution in [-0.2, 0) is 14.4 Å². The minimum Gasteiger partial charge on any atom is -0.375 e. The Kier molecular flexibility index (Phi) is 8.07. The standard InChI is InChI=1S/C19H19N9OS3.CO2/c20-19-24-16-11(2-1-3-12(16)30-19)10-5-6-13(32-22-8-9-4-7-14(29)23-9)17(31-21)15(10)18-25-27-28-26-18;2-1-3/h1-3,5-6,9,22H,4,7-8,21H2,(H2,20,24)(H,23,29)(H,25,26,27,28);. The molecule has 5 rings (SSSR count). The Bertz CT molecular complexity index is 1370. The molecule has 15 heteroatoms. The van der Waals surface area contributed by atoms with Crippen LogP contribution in [0.15, 0.2) is 40.1 Å². The fraction of sp³-hybridized carbons (Fsp3) is 0.200. The predicted octanol–water partition coefficient (Wildman–Crippen LogP) is 1.98. The number of anilines is 1. The number of thiazole rings is 1. The number of amides is 1. The zero-order chi connectivity index (χ0) is 24.8. The minimum absolute atomic E-state index is 0.0978. The third-order valence-corrected chi connectivity index (χ3v) is 7.64. The lowest BCUT2D eigenvalue weighted by Crippen LogP contribution is -2.33. The average Bonchev–Trinajstić information content (AvgIpc) is 3.60. The molecule has 0 radical (unpaired) electrons. The molecule has 0 aliphatic carbocycles. The summed E-state index contributed by atoms with van der Waals surface area (Å²) in [4.78, 5) is 34.0. The minimum atomic E-state index is 0.0978. The number of aromatic amines is 1. The van der Waals surface area contributed by atoms with Crippen molar-refractivity contribution < 1.29 is 14.4 Å². The van der Waals surface area contributed by atoms with E-state index in [9.17, 15) is 4.79 Å². The summed E-state index contributed by atoms with van der Waals surface area (Å²) in [6, 6.07) is 10.1. The highest BCUT2D eigenvalue weighted by Crippen LogP contribution is 2.43. The van der Waals surface area contributed by atoms with Crippen molar-refractivity contribution in [2.75, 3.05) is 12.3 Å². The van der Waals surface area contributed by atoms with E-state index in [1.807, 2.05) is 30.3 Å². The summed E-state index contributed by atoms with van der Waals surface area (Å²) in [7, 11) is 0. The summed E-state index contributed by atoms with van der Waals surface area (Å²) in [5.41, 5.74) is 9.37. The van der Waals surface area contributed by atoms with Gasteiger partial charge in [-0.25, -0.2) is 4.98 Å². The summed E-state index contributed by atoms with van der Waals surface area (Å²) in [6.45, 7) is 0.655. The molecule has 1 saturated heterocycles. The quantitative estimate of drug-likeness (QED) is 0.219. The van der Waals surface area contributed by atoms with Crippen LogP contribution in [0.4, 0.5) is 5.13 Å². The van der Waals surface area contributed by atoms with E-state index in [4.69, 9.17) is 20.5 Å². The highest BCUT2D eigenvalue weighted by molar-refractivity contribution is 8.00. The van der Waals surface area contributed by atoms with Crippen molar-refractivity contribution >= 4 is 62.6 Å². The van der Waals surface area contributed by atoms with E-state index in [0.717, 1.165) is 55.1 Å². The first-order chi connectivity index (χ1) is 17.0. The first kappa shape index (κ1) is 24.8. The van der Waals surface area contributed by atoms with Crippen molar-refractivity contribution in [2.24, 2.45) is 5.14 Å². The number of H-pyrrole nitrogens is 1. The van der Waals surface area contributed by atoms with Crippen LogP contribution in [0.25, 0.3) is 32.7 Å². The molecule has 12 nitrogen and oxygen atoms in total. The number of para-hydroxylation sites is 1. The highest BCUT2D eigenvalue weighted by atomic mass is 32.2. The van der Waals surface area contributed by atoms with Gasteiger partial charge in [-0.1, -0.05) is 29.5 Å². The van der Waals surface area contributed by atoms with Gasteiger partial charge in [-0.2, -0.15) is 14.8 Å². The molecule has 1 unspecified atom stereocenters. The fourth-order valence-corrected chi connectivity index (χ4v) is 6.01. The lowest BCUT2D eigenvalue weighted by molar-refractivity contribution is -0.191. The number of rotatable bonds is 7. The normalized spacial score (nSPS) is 14.9. The predicted molar refractivity (Wildman–Crippen MR) is 133 cm³/mol. The molecule has 180 valence electrons. The first-order valence-electron chi connectivity index (χ1n) is 10.2. The van der Waals surface area contributed by atoms with Crippen LogP contribution in [0.5, 0.6) is 0 Å². The number of nitrogens with two attached hydrogens (primary N) is 2. The Labute approximate surface area is 211 Å². The largest absolute Gasteiger partial charge is 0.375 e. The molecule has 7 N–H and O–H groups in total. The molecular weight excluding hydrogens is 510 g/mol. The average molecular weight is 530 g/mol. The Hall–Kier alpha value is -3.33. The van der Waals surface area contributed by atoms with Gasteiger partial charge in [0.25, 0.3) is 0 Å². The van der Waals surface area contributed by atoms with Crippen LogP contribution >= 0.6 is 35.2 Å². The van der Waals surface area contributed by atoms with E-state index in [2.05, 4.69) is 35.6 Å². The van der Waals surface area contributed by atoms with E-state index in [1.165, 1.54) is 23.3 Å². The van der Waals surface area contributed by atoms with Crippen molar-refractivity contribution in [1.82, 2.24) is 35.6 Å². The van der Waals surface area contributed by atoms with Crippen molar-refractivity contribution in [3.05, 3.63) is 30.3 Å². The van der Waals surface area contributed by atoms with Crippen molar-refractivity contribution in [3.8, 4) is 22.5 Å². The Morgan fingerprint density at radius 2 is 2.06 bits per heavy atom. The Balaban J connectivity index is 0.000000917. The van der Waals surface area contributed by atoms with E-state index in [1.54, 1.807) is 0 Å². The maximum absolute atomic E-state index is 11.4. The molecule has 0 saturated carbocycles. The number of aromatic nitrogens is 5. The van der Waals surface area contributed by atoms with Crippen molar-refractivity contribution in [3.63, 3.8) is 0 Å². The number of carbonyl (C=O) groups excluding carboxylic acids is 3. The summed E-state index contributed by atoms with van der Waals surface area (Å²) in [5.74, 6) is 0.541. The van der Waals surface area contributed by atoms with Crippen LogP contribution < -0.4 is 20.9 Å². The third-order valence-electron chi connectivity index (χ3n) is 5.13. The van der Waals surface area contributed by atoms with Crippen molar-refractivity contribution in [2.45, 2.75) is 28.7 Å². The van der Waals surface area contributed by atoms with Gasteiger partial charge < -0.3 is 11.1 Å². The zero-order valence-electron chi connectivity index (χ0n) is 18.0. The molecule has 1 amide bonds.